The number of ether oxygens (including phenoxy) is 2. The lowest BCUT2D eigenvalue weighted by atomic mass is 10.2. The molecule has 5 nitrogen and oxygen atoms in total. The van der Waals surface area contributed by atoms with Crippen LogP contribution in [0.4, 0.5) is 0 Å². The van der Waals surface area contributed by atoms with Gasteiger partial charge in [-0.2, -0.15) is 5.10 Å². The van der Waals surface area contributed by atoms with E-state index in [9.17, 15) is 4.79 Å². The predicted molar refractivity (Wildman–Crippen MR) is 145 cm³/mol. The Morgan fingerprint density at radius 3 is 2.17 bits per heavy atom. The lowest BCUT2D eigenvalue weighted by molar-refractivity contribution is 0.0950. The van der Waals surface area contributed by atoms with Gasteiger partial charge in [0.1, 0.15) is 24.7 Å². The quantitative estimate of drug-likeness (QED) is 0.176. The Hall–Kier alpha value is -3.51. The molecular formula is C28H21Cl3N2O3. The Morgan fingerprint density at radius 1 is 0.750 bits per heavy atom. The zero-order chi connectivity index (χ0) is 25.3. The van der Waals surface area contributed by atoms with Gasteiger partial charge in [0.2, 0.25) is 0 Å². The molecule has 0 aliphatic heterocycles. The maximum atomic E-state index is 12.8. The maximum Gasteiger partial charge on any atom is 0.275 e. The minimum atomic E-state index is -0.410. The smallest absolute Gasteiger partial charge is 0.275 e. The highest BCUT2D eigenvalue weighted by molar-refractivity contribution is 6.35. The number of hydrazone groups is 1. The van der Waals surface area contributed by atoms with E-state index in [2.05, 4.69) is 10.5 Å². The van der Waals surface area contributed by atoms with Crippen LogP contribution in [-0.4, -0.2) is 12.1 Å². The summed E-state index contributed by atoms with van der Waals surface area (Å²) in [4.78, 5) is 12.8. The van der Waals surface area contributed by atoms with E-state index < -0.39 is 5.91 Å². The second-order valence-electron chi connectivity index (χ2n) is 7.64. The van der Waals surface area contributed by atoms with Gasteiger partial charge >= 0.3 is 0 Å². The molecule has 4 aromatic rings. The molecule has 0 bridgehead atoms. The molecule has 0 aliphatic carbocycles. The van der Waals surface area contributed by atoms with E-state index in [-0.39, 0.29) is 13.2 Å². The van der Waals surface area contributed by atoms with Crippen LogP contribution in [0.2, 0.25) is 15.1 Å². The molecule has 0 atom stereocenters. The van der Waals surface area contributed by atoms with Gasteiger partial charge in [0.05, 0.1) is 11.8 Å². The van der Waals surface area contributed by atoms with Gasteiger partial charge in [0, 0.05) is 31.8 Å². The number of amides is 1. The molecule has 0 radical (unpaired) electrons. The summed E-state index contributed by atoms with van der Waals surface area (Å²) in [5.41, 5.74) is 5.21. The van der Waals surface area contributed by atoms with Crippen LogP contribution in [0.3, 0.4) is 0 Å². The number of benzene rings is 4. The third kappa shape index (κ3) is 6.79. The molecule has 0 saturated heterocycles. The molecule has 0 aromatic heterocycles. The average Bonchev–Trinajstić information content (AvgIpc) is 2.88. The third-order valence-corrected chi connectivity index (χ3v) is 6.12. The Balaban J connectivity index is 1.40. The van der Waals surface area contributed by atoms with Crippen molar-refractivity contribution in [1.29, 1.82) is 0 Å². The first kappa shape index (κ1) is 25.6. The first-order valence-corrected chi connectivity index (χ1v) is 12.1. The van der Waals surface area contributed by atoms with Crippen molar-refractivity contribution in [3.8, 4) is 11.5 Å². The monoisotopic (exact) mass is 538 g/mol. The second kappa shape index (κ2) is 12.5. The van der Waals surface area contributed by atoms with E-state index in [4.69, 9.17) is 44.3 Å². The van der Waals surface area contributed by atoms with Crippen molar-refractivity contribution in [2.24, 2.45) is 5.10 Å². The second-order valence-corrected chi connectivity index (χ2v) is 8.89. The summed E-state index contributed by atoms with van der Waals surface area (Å²) in [5, 5.41) is 5.79. The first-order chi connectivity index (χ1) is 17.5. The summed E-state index contributed by atoms with van der Waals surface area (Å²) >= 11 is 18.4. The molecule has 0 fully saturated rings. The van der Waals surface area contributed by atoms with Crippen LogP contribution in [0.5, 0.6) is 11.5 Å². The van der Waals surface area contributed by atoms with Crippen molar-refractivity contribution in [2.75, 3.05) is 0 Å². The van der Waals surface area contributed by atoms with E-state index in [0.717, 1.165) is 11.1 Å². The molecule has 0 unspecified atom stereocenters. The number of halogens is 3. The van der Waals surface area contributed by atoms with Crippen molar-refractivity contribution >= 4 is 46.9 Å². The van der Waals surface area contributed by atoms with E-state index in [1.165, 1.54) is 6.21 Å². The maximum absolute atomic E-state index is 12.8. The van der Waals surface area contributed by atoms with Crippen LogP contribution in [0.1, 0.15) is 27.0 Å². The van der Waals surface area contributed by atoms with E-state index in [0.29, 0.717) is 37.7 Å². The lowest BCUT2D eigenvalue weighted by Crippen LogP contribution is -2.18. The minimum Gasteiger partial charge on any atom is -0.488 e. The van der Waals surface area contributed by atoms with E-state index >= 15 is 0 Å². The van der Waals surface area contributed by atoms with E-state index in [1.807, 2.05) is 48.5 Å². The standard InChI is InChI=1S/C28H21Cl3N2O3/c29-22-14-13-21(25(31)15-22)18-35-26-11-5-2-7-19(26)16-32-33-28(34)23-9-3-6-12-27(23)36-17-20-8-1-4-10-24(20)30/h1-16H,17-18H2,(H,33,34)/b32-16-. The minimum absolute atomic E-state index is 0.232. The Morgan fingerprint density at radius 2 is 1.39 bits per heavy atom. The third-order valence-electron chi connectivity index (χ3n) is 5.16. The van der Waals surface area contributed by atoms with Gasteiger partial charge < -0.3 is 9.47 Å². The summed E-state index contributed by atoms with van der Waals surface area (Å²) in [6, 6.07) is 26.9. The van der Waals surface area contributed by atoms with Crippen molar-refractivity contribution in [1.82, 2.24) is 5.43 Å². The number of hydrogen-bond donors (Lipinski definition) is 1. The van der Waals surface area contributed by atoms with Crippen LogP contribution in [0.15, 0.2) is 96.1 Å². The highest BCUT2D eigenvalue weighted by atomic mass is 35.5. The Bertz CT molecular complexity index is 1390. The Labute approximate surface area is 224 Å². The lowest BCUT2D eigenvalue weighted by Gasteiger charge is -2.11. The molecule has 1 amide bonds. The molecule has 8 heteroatoms. The van der Waals surface area contributed by atoms with Crippen molar-refractivity contribution in [3.05, 3.63) is 128 Å². The molecule has 0 spiro atoms. The highest BCUT2D eigenvalue weighted by Crippen LogP contribution is 2.24. The van der Waals surface area contributed by atoms with E-state index in [1.54, 1.807) is 42.5 Å². The number of para-hydroxylation sites is 2. The van der Waals surface area contributed by atoms with Crippen LogP contribution < -0.4 is 14.9 Å². The SMILES string of the molecule is O=C(N/N=C\c1ccccc1OCc1ccc(Cl)cc1Cl)c1ccccc1OCc1ccccc1Cl. The summed E-state index contributed by atoms with van der Waals surface area (Å²) in [6.45, 7) is 0.485. The number of hydrogen-bond acceptors (Lipinski definition) is 4. The predicted octanol–water partition coefficient (Wildman–Crippen LogP) is 7.57. The van der Waals surface area contributed by atoms with Crippen LogP contribution in [0.25, 0.3) is 0 Å². The van der Waals surface area contributed by atoms with Gasteiger partial charge in [0.25, 0.3) is 5.91 Å². The van der Waals surface area contributed by atoms with Gasteiger partial charge in [0.15, 0.2) is 0 Å². The van der Waals surface area contributed by atoms with Crippen LogP contribution in [0, 0.1) is 0 Å². The zero-order valence-corrected chi connectivity index (χ0v) is 21.2. The molecule has 0 saturated carbocycles. The molecule has 4 rings (SSSR count). The van der Waals surface area contributed by atoms with Crippen LogP contribution in [-0.2, 0) is 13.2 Å². The molecule has 36 heavy (non-hydrogen) atoms. The van der Waals surface area contributed by atoms with Crippen LogP contribution >= 0.6 is 34.8 Å². The molecule has 1 N–H and O–H groups in total. The van der Waals surface area contributed by atoms with Gasteiger partial charge in [-0.15, -0.1) is 0 Å². The molecule has 182 valence electrons. The van der Waals surface area contributed by atoms with Gasteiger partial charge in [-0.3, -0.25) is 4.79 Å². The van der Waals surface area contributed by atoms with Gasteiger partial charge in [-0.1, -0.05) is 83.3 Å². The number of carbonyl (C=O) groups excluding carboxylic acids is 1. The molecule has 0 aliphatic rings. The van der Waals surface area contributed by atoms with Gasteiger partial charge in [-0.05, 0) is 42.5 Å². The van der Waals surface area contributed by atoms with Gasteiger partial charge in [-0.25, -0.2) is 5.43 Å². The summed E-state index contributed by atoms with van der Waals surface area (Å²) in [7, 11) is 0. The normalized spacial score (nSPS) is 10.9. The fourth-order valence-electron chi connectivity index (χ4n) is 3.28. The summed E-state index contributed by atoms with van der Waals surface area (Å²) < 4.78 is 11.8. The highest BCUT2D eigenvalue weighted by Gasteiger charge is 2.12. The van der Waals surface area contributed by atoms with Crippen molar-refractivity contribution in [2.45, 2.75) is 13.2 Å². The topological polar surface area (TPSA) is 59.9 Å². The first-order valence-electron chi connectivity index (χ1n) is 11.0. The number of nitrogens with one attached hydrogen (secondary N) is 1. The number of rotatable bonds is 9. The summed E-state index contributed by atoms with van der Waals surface area (Å²) in [6.07, 6.45) is 1.52. The fraction of sp³-hybridized carbons (Fsp3) is 0.0714. The average molecular weight is 540 g/mol. The molecular weight excluding hydrogens is 519 g/mol. The summed E-state index contributed by atoms with van der Waals surface area (Å²) in [5.74, 6) is 0.603. The Kier molecular flexibility index (Phi) is 8.85. The molecule has 4 aromatic carbocycles. The number of nitrogens with zero attached hydrogens (tertiary/aromatic N) is 1. The number of carbonyl (C=O) groups is 1. The zero-order valence-electron chi connectivity index (χ0n) is 19.0. The fourth-order valence-corrected chi connectivity index (χ4v) is 3.94. The largest absolute Gasteiger partial charge is 0.488 e. The van der Waals surface area contributed by atoms with Crippen molar-refractivity contribution < 1.29 is 14.3 Å². The van der Waals surface area contributed by atoms with Crippen molar-refractivity contribution in [3.63, 3.8) is 0 Å². The molecule has 0 heterocycles.